The monoisotopic (exact) mass is 326 g/mol. The highest BCUT2D eigenvalue weighted by Crippen LogP contribution is 2.12. The minimum absolute atomic E-state index is 0.215. The summed E-state index contributed by atoms with van der Waals surface area (Å²) in [4.78, 5) is 0. The van der Waals surface area contributed by atoms with E-state index in [0.717, 1.165) is 19.4 Å². The highest BCUT2D eigenvalue weighted by atomic mass is 16.5. The molecule has 0 aliphatic rings. The lowest BCUT2D eigenvalue weighted by molar-refractivity contribution is 0.0304. The summed E-state index contributed by atoms with van der Waals surface area (Å²) in [5.41, 5.74) is 0. The zero-order chi connectivity index (χ0) is 17.0. The van der Waals surface area contributed by atoms with Gasteiger partial charge in [-0.2, -0.15) is 0 Å². The van der Waals surface area contributed by atoms with E-state index in [4.69, 9.17) is 4.74 Å². The van der Waals surface area contributed by atoms with Gasteiger partial charge in [0.2, 0.25) is 0 Å². The molecule has 0 aromatic rings. The van der Waals surface area contributed by atoms with Crippen LogP contribution in [0.1, 0.15) is 117 Å². The molecule has 0 rings (SSSR count). The van der Waals surface area contributed by atoms with Crippen LogP contribution in [0.5, 0.6) is 0 Å². The van der Waals surface area contributed by atoms with E-state index in [2.05, 4.69) is 32.6 Å². The first kappa shape index (κ1) is 22.9. The van der Waals surface area contributed by atoms with Crippen molar-refractivity contribution >= 4 is 0 Å². The molecule has 0 aromatic heterocycles. The smallest absolute Gasteiger partial charge is 0.108 e. The topological polar surface area (TPSA) is 21.3 Å². The fraction of sp³-hybridized carbons (Fsp3) is 0.952. The van der Waals surface area contributed by atoms with Crippen LogP contribution in [-0.2, 0) is 4.74 Å². The fourth-order valence-electron chi connectivity index (χ4n) is 2.88. The van der Waals surface area contributed by atoms with Gasteiger partial charge in [0.25, 0.3) is 0 Å². The van der Waals surface area contributed by atoms with Gasteiger partial charge < -0.3 is 4.74 Å². The largest absolute Gasteiger partial charge is 0.363 e. The van der Waals surface area contributed by atoms with Gasteiger partial charge in [-0.25, -0.2) is 0 Å². The van der Waals surface area contributed by atoms with Crippen molar-refractivity contribution < 1.29 is 4.74 Å². The van der Waals surface area contributed by atoms with Gasteiger partial charge in [0, 0.05) is 13.2 Å². The summed E-state index contributed by atoms with van der Waals surface area (Å²) in [5.74, 6) is 0. The van der Waals surface area contributed by atoms with Crippen molar-refractivity contribution in [3.63, 3.8) is 0 Å². The Hall–Kier alpha value is -0.0800. The molecule has 139 valence electrons. The Bertz CT molecular complexity index is 208. The number of unbranched alkanes of at least 4 members (excludes halogenated alkanes) is 12. The molecule has 2 heteroatoms. The van der Waals surface area contributed by atoms with Crippen LogP contribution in [0, 0.1) is 6.54 Å². The molecule has 1 N–H and O–H groups in total. The first-order chi connectivity index (χ1) is 11.3. The summed E-state index contributed by atoms with van der Waals surface area (Å²) < 4.78 is 5.85. The molecule has 0 spiro atoms. The fourth-order valence-corrected chi connectivity index (χ4v) is 2.88. The summed E-state index contributed by atoms with van der Waals surface area (Å²) >= 11 is 0. The molecule has 1 atom stereocenters. The summed E-state index contributed by atoms with van der Waals surface area (Å²) in [5, 5.41) is 3.32. The van der Waals surface area contributed by atoms with Crippen molar-refractivity contribution in [1.29, 1.82) is 0 Å². The quantitative estimate of drug-likeness (QED) is 0.204. The molecule has 0 bridgehead atoms. The molecule has 0 saturated heterocycles. The van der Waals surface area contributed by atoms with Crippen LogP contribution in [0.25, 0.3) is 0 Å². The molecule has 23 heavy (non-hydrogen) atoms. The maximum absolute atomic E-state index is 5.85. The van der Waals surface area contributed by atoms with Gasteiger partial charge in [-0.05, 0) is 19.3 Å². The van der Waals surface area contributed by atoms with E-state index in [9.17, 15) is 0 Å². The highest BCUT2D eigenvalue weighted by molar-refractivity contribution is 4.62. The maximum Gasteiger partial charge on any atom is 0.108 e. The Morgan fingerprint density at radius 2 is 1.17 bits per heavy atom. The van der Waals surface area contributed by atoms with Crippen molar-refractivity contribution in [2.24, 2.45) is 0 Å². The molecule has 0 aromatic carbocycles. The van der Waals surface area contributed by atoms with Gasteiger partial charge in [-0.3, -0.25) is 5.32 Å². The Morgan fingerprint density at radius 1 is 0.696 bits per heavy atom. The predicted molar refractivity (Wildman–Crippen MR) is 103 cm³/mol. The molecule has 1 radical (unpaired) electrons. The van der Waals surface area contributed by atoms with E-state index < -0.39 is 0 Å². The van der Waals surface area contributed by atoms with Crippen molar-refractivity contribution in [2.75, 3.05) is 6.61 Å². The van der Waals surface area contributed by atoms with Crippen molar-refractivity contribution in [2.45, 2.75) is 123 Å². The second kappa shape index (κ2) is 20.0. The van der Waals surface area contributed by atoms with Crippen molar-refractivity contribution in [3.8, 4) is 0 Å². The first-order valence-corrected chi connectivity index (χ1v) is 10.5. The Kier molecular flexibility index (Phi) is 19.9. The molecular formula is C21H44NO. The molecular weight excluding hydrogens is 282 g/mol. The van der Waals surface area contributed by atoms with E-state index in [1.165, 1.54) is 83.5 Å². The summed E-state index contributed by atoms with van der Waals surface area (Å²) in [6.45, 7) is 9.60. The summed E-state index contributed by atoms with van der Waals surface area (Å²) in [7, 11) is 0. The van der Waals surface area contributed by atoms with Crippen LogP contribution < -0.4 is 5.32 Å². The lowest BCUT2D eigenvalue weighted by atomic mass is 10.0. The van der Waals surface area contributed by atoms with Gasteiger partial charge in [0.05, 0.1) is 0 Å². The lowest BCUT2D eigenvalue weighted by Gasteiger charge is -2.17. The Labute approximate surface area is 147 Å². The van der Waals surface area contributed by atoms with Crippen molar-refractivity contribution in [1.82, 2.24) is 5.32 Å². The SMILES string of the molecule is CC[CH]NC(CC)OCCCCCCCCCCCCCCC. The second-order valence-electron chi connectivity index (χ2n) is 6.79. The standard InChI is InChI=1S/C21H44NO/c1-4-7-8-9-10-11-12-13-14-15-16-17-18-20-23-21(6-3)22-19-5-2/h19,21-22H,4-18,20H2,1-3H3. The van der Waals surface area contributed by atoms with Gasteiger partial charge >= 0.3 is 0 Å². The van der Waals surface area contributed by atoms with E-state index in [0.29, 0.717) is 0 Å². The van der Waals surface area contributed by atoms with E-state index in [-0.39, 0.29) is 6.23 Å². The zero-order valence-electron chi connectivity index (χ0n) is 16.4. The second-order valence-corrected chi connectivity index (χ2v) is 6.79. The van der Waals surface area contributed by atoms with Crippen molar-refractivity contribution in [3.05, 3.63) is 6.54 Å². The molecule has 0 heterocycles. The van der Waals surface area contributed by atoms with Crippen LogP contribution in [-0.4, -0.2) is 12.8 Å². The molecule has 1 unspecified atom stereocenters. The van der Waals surface area contributed by atoms with Gasteiger partial charge in [0.15, 0.2) is 0 Å². The molecule has 0 fully saturated rings. The number of ether oxygens (including phenoxy) is 1. The average Bonchev–Trinajstić information content (AvgIpc) is 2.57. The van der Waals surface area contributed by atoms with E-state index in [1.54, 1.807) is 0 Å². The Balaban J connectivity index is 3.12. The molecule has 0 aliphatic carbocycles. The predicted octanol–water partition coefficient (Wildman–Crippen LogP) is 6.99. The molecule has 0 saturated carbocycles. The molecule has 0 aliphatic heterocycles. The van der Waals surface area contributed by atoms with E-state index >= 15 is 0 Å². The van der Waals surface area contributed by atoms with Gasteiger partial charge in [-0.15, -0.1) is 0 Å². The van der Waals surface area contributed by atoms with Crippen LogP contribution in [0.15, 0.2) is 0 Å². The van der Waals surface area contributed by atoms with Crippen LogP contribution in [0.4, 0.5) is 0 Å². The van der Waals surface area contributed by atoms with Crippen LogP contribution >= 0.6 is 0 Å². The normalized spacial score (nSPS) is 12.7. The third kappa shape index (κ3) is 18.1. The highest BCUT2D eigenvalue weighted by Gasteiger charge is 2.03. The number of rotatable bonds is 19. The number of nitrogens with one attached hydrogen (secondary N) is 1. The lowest BCUT2D eigenvalue weighted by Crippen LogP contribution is -2.29. The molecule has 0 amide bonds. The minimum atomic E-state index is 0.215. The van der Waals surface area contributed by atoms with Crippen LogP contribution in [0.3, 0.4) is 0 Å². The average molecular weight is 327 g/mol. The molecule has 2 nitrogen and oxygen atoms in total. The van der Waals surface area contributed by atoms with E-state index in [1.807, 2.05) is 0 Å². The zero-order valence-corrected chi connectivity index (χ0v) is 16.4. The van der Waals surface area contributed by atoms with Gasteiger partial charge in [0.1, 0.15) is 6.23 Å². The van der Waals surface area contributed by atoms with Crippen LogP contribution in [0.2, 0.25) is 0 Å². The summed E-state index contributed by atoms with van der Waals surface area (Å²) in [6, 6.07) is 0. The van der Waals surface area contributed by atoms with Gasteiger partial charge in [-0.1, -0.05) is 97.8 Å². The number of hydrogen-bond acceptors (Lipinski definition) is 2. The third-order valence-electron chi connectivity index (χ3n) is 4.45. The maximum atomic E-state index is 5.85. The number of hydrogen-bond donors (Lipinski definition) is 1. The summed E-state index contributed by atoms with van der Waals surface area (Å²) in [6.07, 6.45) is 20.6. The third-order valence-corrected chi connectivity index (χ3v) is 4.45. The Morgan fingerprint density at radius 3 is 1.61 bits per heavy atom. The first-order valence-electron chi connectivity index (χ1n) is 10.5. The minimum Gasteiger partial charge on any atom is -0.363 e.